The third-order valence-corrected chi connectivity index (χ3v) is 6.53. The molecule has 4 bridgehead atoms. The van der Waals surface area contributed by atoms with E-state index in [1.807, 2.05) is 6.92 Å². The minimum Gasteiger partial charge on any atom is -0.392 e. The Kier molecular flexibility index (Phi) is 2.12. The summed E-state index contributed by atoms with van der Waals surface area (Å²) in [5, 5.41) is 8.99. The quantitative estimate of drug-likeness (QED) is 0.720. The molecule has 4 rings (SSSR count). The third-order valence-electron chi connectivity index (χ3n) is 6.53. The smallest absolute Gasteiger partial charge is 0.0639 e. The van der Waals surface area contributed by atoms with Crippen molar-refractivity contribution < 1.29 is 5.11 Å². The molecule has 0 saturated heterocycles. The molecule has 90 valence electrons. The summed E-state index contributed by atoms with van der Waals surface area (Å²) in [6, 6.07) is 0. The predicted octanol–water partition coefficient (Wildman–Crippen LogP) is 3.39. The van der Waals surface area contributed by atoms with E-state index in [9.17, 15) is 0 Å². The molecule has 1 N–H and O–H groups in total. The lowest BCUT2D eigenvalue weighted by Crippen LogP contribution is -2.26. The summed E-state index contributed by atoms with van der Waals surface area (Å²) in [5.74, 6) is 3.16. The molecule has 4 aliphatic rings. The number of allylic oxidation sites excluding steroid dienone is 1. The number of aliphatic hydroxyl groups is 1. The van der Waals surface area contributed by atoms with Crippen LogP contribution in [0.4, 0.5) is 0 Å². The first kappa shape index (κ1) is 10.8. The molecule has 4 saturated carbocycles. The van der Waals surface area contributed by atoms with Crippen LogP contribution >= 0.6 is 0 Å². The molecule has 4 aliphatic carbocycles. The maximum absolute atomic E-state index is 8.99. The SMILES string of the molecule is C/C(=C\CC[C@]1(C)C2CC3[C@H](C2)C31C)CO. The molecule has 0 aliphatic heterocycles. The van der Waals surface area contributed by atoms with E-state index >= 15 is 0 Å². The van der Waals surface area contributed by atoms with Crippen LogP contribution in [0.15, 0.2) is 11.6 Å². The maximum atomic E-state index is 8.99. The molecule has 1 nitrogen and oxygen atoms in total. The van der Waals surface area contributed by atoms with Gasteiger partial charge in [-0.2, -0.15) is 0 Å². The van der Waals surface area contributed by atoms with Gasteiger partial charge in [-0.15, -0.1) is 0 Å². The van der Waals surface area contributed by atoms with Crippen LogP contribution in [0, 0.1) is 28.6 Å². The molecular formula is C15H24O. The monoisotopic (exact) mass is 220 g/mol. The molecule has 0 radical (unpaired) electrons. The predicted molar refractivity (Wildman–Crippen MR) is 66.0 cm³/mol. The zero-order valence-corrected chi connectivity index (χ0v) is 10.8. The first-order chi connectivity index (χ1) is 7.54. The molecule has 4 fully saturated rings. The van der Waals surface area contributed by atoms with Crippen LogP contribution < -0.4 is 0 Å². The van der Waals surface area contributed by atoms with E-state index in [2.05, 4.69) is 19.9 Å². The minimum atomic E-state index is 0.225. The van der Waals surface area contributed by atoms with Crippen LogP contribution in [0.25, 0.3) is 0 Å². The lowest BCUT2D eigenvalue weighted by Gasteiger charge is -2.34. The van der Waals surface area contributed by atoms with E-state index in [1.54, 1.807) is 0 Å². The van der Waals surface area contributed by atoms with Crippen molar-refractivity contribution in [2.24, 2.45) is 28.6 Å². The van der Waals surface area contributed by atoms with Gasteiger partial charge < -0.3 is 5.11 Å². The van der Waals surface area contributed by atoms with Gasteiger partial charge in [-0.05, 0) is 61.2 Å². The summed E-state index contributed by atoms with van der Waals surface area (Å²) in [6.07, 6.45) is 7.76. The van der Waals surface area contributed by atoms with E-state index in [4.69, 9.17) is 5.11 Å². The van der Waals surface area contributed by atoms with E-state index in [1.165, 1.54) is 19.3 Å². The molecular weight excluding hydrogens is 196 g/mol. The average Bonchev–Trinajstić information content (AvgIpc) is 2.62. The molecule has 3 unspecified atom stereocenters. The van der Waals surface area contributed by atoms with Crippen molar-refractivity contribution in [2.75, 3.05) is 6.61 Å². The highest BCUT2D eigenvalue weighted by atomic mass is 16.3. The Labute approximate surface area is 98.9 Å². The molecule has 0 heterocycles. The van der Waals surface area contributed by atoms with Gasteiger partial charge in [0, 0.05) is 0 Å². The Morgan fingerprint density at radius 1 is 1.31 bits per heavy atom. The largest absolute Gasteiger partial charge is 0.392 e. The van der Waals surface area contributed by atoms with E-state index in [0.29, 0.717) is 10.8 Å². The van der Waals surface area contributed by atoms with E-state index in [-0.39, 0.29) is 6.61 Å². The normalized spacial score (nSPS) is 53.5. The zero-order chi connectivity index (χ0) is 11.6. The van der Waals surface area contributed by atoms with Gasteiger partial charge in [0.05, 0.1) is 6.61 Å². The Bertz CT molecular complexity index is 331. The van der Waals surface area contributed by atoms with E-state index < -0.39 is 0 Å². The highest BCUT2D eigenvalue weighted by Gasteiger charge is 2.80. The maximum Gasteiger partial charge on any atom is 0.0639 e. The van der Waals surface area contributed by atoms with Crippen LogP contribution in [-0.4, -0.2) is 11.7 Å². The van der Waals surface area contributed by atoms with Crippen molar-refractivity contribution in [3.8, 4) is 0 Å². The van der Waals surface area contributed by atoms with Gasteiger partial charge in [-0.25, -0.2) is 0 Å². The van der Waals surface area contributed by atoms with Gasteiger partial charge in [0.1, 0.15) is 0 Å². The molecule has 5 atom stereocenters. The minimum absolute atomic E-state index is 0.225. The van der Waals surface area contributed by atoms with Gasteiger partial charge in [0.15, 0.2) is 0 Å². The fraction of sp³-hybridized carbons (Fsp3) is 0.867. The zero-order valence-electron chi connectivity index (χ0n) is 10.8. The van der Waals surface area contributed by atoms with Gasteiger partial charge in [-0.1, -0.05) is 25.5 Å². The van der Waals surface area contributed by atoms with Crippen molar-refractivity contribution >= 4 is 0 Å². The summed E-state index contributed by atoms with van der Waals surface area (Å²) < 4.78 is 0. The van der Waals surface area contributed by atoms with Crippen LogP contribution in [0.2, 0.25) is 0 Å². The number of hydrogen-bond acceptors (Lipinski definition) is 1. The number of aliphatic hydroxyl groups excluding tert-OH is 1. The number of hydrogen-bond donors (Lipinski definition) is 1. The number of rotatable bonds is 4. The Morgan fingerprint density at radius 2 is 1.94 bits per heavy atom. The lowest BCUT2D eigenvalue weighted by atomic mass is 9.71. The highest BCUT2D eigenvalue weighted by molar-refractivity contribution is 5.29. The lowest BCUT2D eigenvalue weighted by molar-refractivity contribution is 0.154. The van der Waals surface area contributed by atoms with Gasteiger partial charge in [-0.3, -0.25) is 0 Å². The Hall–Kier alpha value is -0.300. The van der Waals surface area contributed by atoms with Crippen molar-refractivity contribution in [2.45, 2.75) is 46.5 Å². The van der Waals surface area contributed by atoms with E-state index in [0.717, 1.165) is 29.7 Å². The van der Waals surface area contributed by atoms with Gasteiger partial charge >= 0.3 is 0 Å². The van der Waals surface area contributed by atoms with Crippen molar-refractivity contribution in [1.29, 1.82) is 0 Å². The van der Waals surface area contributed by atoms with Crippen LogP contribution in [0.1, 0.15) is 46.5 Å². The second-order valence-corrected chi connectivity index (χ2v) is 6.83. The fourth-order valence-electron chi connectivity index (χ4n) is 5.19. The van der Waals surface area contributed by atoms with Crippen LogP contribution in [-0.2, 0) is 0 Å². The molecule has 0 aromatic heterocycles. The molecule has 0 aromatic rings. The van der Waals surface area contributed by atoms with Crippen molar-refractivity contribution in [3.63, 3.8) is 0 Å². The summed E-state index contributed by atoms with van der Waals surface area (Å²) >= 11 is 0. The average molecular weight is 220 g/mol. The summed E-state index contributed by atoms with van der Waals surface area (Å²) in [4.78, 5) is 0. The van der Waals surface area contributed by atoms with Gasteiger partial charge in [0.2, 0.25) is 0 Å². The van der Waals surface area contributed by atoms with Crippen LogP contribution in [0.5, 0.6) is 0 Å². The van der Waals surface area contributed by atoms with Crippen molar-refractivity contribution in [1.82, 2.24) is 0 Å². The topological polar surface area (TPSA) is 20.2 Å². The first-order valence-corrected chi connectivity index (χ1v) is 6.80. The summed E-state index contributed by atoms with van der Waals surface area (Å²) in [7, 11) is 0. The van der Waals surface area contributed by atoms with Crippen LogP contribution in [0.3, 0.4) is 0 Å². The molecule has 0 aromatic carbocycles. The molecule has 1 heteroatoms. The Balaban J connectivity index is 1.68. The summed E-state index contributed by atoms with van der Waals surface area (Å²) in [5.41, 5.74) is 2.43. The first-order valence-electron chi connectivity index (χ1n) is 6.80. The second-order valence-electron chi connectivity index (χ2n) is 6.83. The summed E-state index contributed by atoms with van der Waals surface area (Å²) in [6.45, 7) is 7.33. The highest BCUT2D eigenvalue weighted by Crippen LogP contribution is 2.87. The second kappa shape index (κ2) is 3.13. The molecule has 0 amide bonds. The molecule has 16 heavy (non-hydrogen) atoms. The fourth-order valence-corrected chi connectivity index (χ4v) is 5.19. The Morgan fingerprint density at radius 3 is 2.38 bits per heavy atom. The third kappa shape index (κ3) is 1.06. The van der Waals surface area contributed by atoms with Gasteiger partial charge in [0.25, 0.3) is 0 Å². The molecule has 0 spiro atoms. The standard InChI is InChI=1S/C15H24O/c1-10(9-16)5-4-6-14(2)11-7-12-13(8-11)15(12,14)3/h5,11-13,16H,4,6-9H2,1-3H3/b10-5+/t11?,12-,13?,14+,15?/m0/s1. The van der Waals surface area contributed by atoms with Crippen molar-refractivity contribution in [3.05, 3.63) is 11.6 Å².